The van der Waals surface area contributed by atoms with Crippen LogP contribution in [-0.2, 0) is 26.1 Å². The summed E-state index contributed by atoms with van der Waals surface area (Å²) in [4.78, 5) is 25.2. The number of rotatable bonds is 5. The molecule has 0 saturated heterocycles. The van der Waals surface area contributed by atoms with Gasteiger partial charge in [-0.1, -0.05) is 0 Å². The van der Waals surface area contributed by atoms with Crippen LogP contribution in [0.15, 0.2) is 40.8 Å². The van der Waals surface area contributed by atoms with Crippen molar-refractivity contribution in [2.75, 3.05) is 17.5 Å². The lowest BCUT2D eigenvalue weighted by Crippen LogP contribution is -2.45. The fourth-order valence-corrected chi connectivity index (χ4v) is 5.38. The molecule has 9 nitrogen and oxygen atoms in total. The van der Waals surface area contributed by atoms with Gasteiger partial charge >= 0.3 is 22.3 Å². The Morgan fingerprint density at radius 1 is 1.14 bits per heavy atom. The Balaban J connectivity index is 1.84. The van der Waals surface area contributed by atoms with E-state index in [9.17, 15) is 22.4 Å². The third-order valence-corrected chi connectivity index (χ3v) is 7.09. The van der Waals surface area contributed by atoms with Crippen LogP contribution in [0.5, 0.6) is 0 Å². The Labute approximate surface area is 214 Å². The molecule has 3 aromatic rings. The van der Waals surface area contributed by atoms with Crippen molar-refractivity contribution in [2.45, 2.75) is 52.6 Å². The van der Waals surface area contributed by atoms with E-state index in [1.165, 1.54) is 24.3 Å². The van der Waals surface area contributed by atoms with Gasteiger partial charge in [-0.2, -0.15) is 8.42 Å². The molecule has 1 aliphatic heterocycles. The molecule has 1 aliphatic rings. The predicted molar refractivity (Wildman–Crippen MR) is 136 cm³/mol. The van der Waals surface area contributed by atoms with Crippen molar-refractivity contribution in [2.24, 2.45) is 0 Å². The Morgan fingerprint density at radius 2 is 1.84 bits per heavy atom. The summed E-state index contributed by atoms with van der Waals surface area (Å²) < 4.78 is 59.5. The van der Waals surface area contributed by atoms with Gasteiger partial charge in [0.1, 0.15) is 28.3 Å². The van der Waals surface area contributed by atoms with E-state index in [4.69, 9.17) is 13.9 Å². The summed E-state index contributed by atoms with van der Waals surface area (Å²) >= 11 is 0. The van der Waals surface area contributed by atoms with Crippen LogP contribution in [0.4, 0.5) is 14.9 Å². The first-order valence-corrected chi connectivity index (χ1v) is 13.4. The number of nitrogens with zero attached hydrogens (tertiary/aromatic N) is 1. The van der Waals surface area contributed by atoms with E-state index in [-0.39, 0.29) is 30.1 Å². The summed E-state index contributed by atoms with van der Waals surface area (Å²) in [5.74, 6) is -0.859. The second kappa shape index (κ2) is 10.0. The highest BCUT2D eigenvalue weighted by Crippen LogP contribution is 2.39. The lowest BCUT2D eigenvalue weighted by atomic mass is 10.0. The molecule has 0 bridgehead atoms. The molecule has 0 unspecified atom stereocenters. The number of halogens is 1. The van der Waals surface area contributed by atoms with Crippen LogP contribution >= 0.6 is 0 Å². The van der Waals surface area contributed by atoms with Gasteiger partial charge in [0.25, 0.3) is 0 Å². The molecule has 2 aromatic carbocycles. The van der Waals surface area contributed by atoms with Crippen molar-refractivity contribution in [1.82, 2.24) is 4.72 Å². The molecule has 1 N–H and O–H groups in total. The molecule has 2 heterocycles. The third kappa shape index (κ3) is 5.71. The number of carbonyl (C=O) groups is 2. The second-order valence-corrected chi connectivity index (χ2v) is 11.2. The molecule has 0 spiro atoms. The first kappa shape index (κ1) is 26.5. The van der Waals surface area contributed by atoms with E-state index in [1.54, 1.807) is 39.8 Å². The summed E-state index contributed by atoms with van der Waals surface area (Å²) in [6.07, 6.45) is 0.703. The fraction of sp³-hybridized carbons (Fsp3) is 0.385. The molecule has 0 fully saturated rings. The van der Waals surface area contributed by atoms with Crippen LogP contribution in [0.3, 0.4) is 0 Å². The number of amides is 1. The topological polar surface area (TPSA) is 115 Å². The maximum absolute atomic E-state index is 13.5. The summed E-state index contributed by atoms with van der Waals surface area (Å²) in [6.45, 7) is 6.86. The van der Waals surface area contributed by atoms with Crippen LogP contribution in [0.1, 0.15) is 56.5 Å². The van der Waals surface area contributed by atoms with Gasteiger partial charge in [-0.05, 0) is 82.9 Å². The van der Waals surface area contributed by atoms with Gasteiger partial charge in [0.2, 0.25) is 0 Å². The summed E-state index contributed by atoms with van der Waals surface area (Å²) in [5.41, 5.74) is 1.01. The average Bonchev–Trinajstić information content (AvgIpc) is 3.01. The standard InChI is InChI=1S/C26H29FN2O7S/c1-5-34-24(30)22-19-14-17-8-6-7-13-29(37(32,33)28-25(31)36-26(2,3)4)20(17)15-21(19)35-23(22)16-9-11-18(27)12-10-16/h9-12,14-15H,5-8,13H2,1-4H3,(H,28,31). The number of nitrogens with one attached hydrogen (secondary N) is 1. The number of ether oxygens (including phenoxy) is 2. The molecule has 198 valence electrons. The molecular formula is C26H29FN2O7S. The van der Waals surface area contributed by atoms with Crippen molar-refractivity contribution in [3.8, 4) is 11.3 Å². The van der Waals surface area contributed by atoms with Crippen LogP contribution in [0, 0.1) is 5.82 Å². The zero-order valence-corrected chi connectivity index (χ0v) is 21.9. The summed E-state index contributed by atoms with van der Waals surface area (Å²) in [5, 5.41) is 0.455. The molecule has 0 radical (unpaired) electrons. The van der Waals surface area contributed by atoms with E-state index < -0.39 is 33.7 Å². The zero-order chi connectivity index (χ0) is 27.0. The van der Waals surface area contributed by atoms with Gasteiger partial charge in [0.05, 0.1) is 12.3 Å². The van der Waals surface area contributed by atoms with Crippen molar-refractivity contribution in [3.05, 3.63) is 53.3 Å². The highest BCUT2D eigenvalue weighted by atomic mass is 32.2. The van der Waals surface area contributed by atoms with E-state index >= 15 is 0 Å². The molecule has 0 atom stereocenters. The number of aryl methyl sites for hydroxylation is 1. The van der Waals surface area contributed by atoms with Gasteiger partial charge in [-0.25, -0.2) is 18.7 Å². The minimum Gasteiger partial charge on any atom is -0.462 e. The quantitative estimate of drug-likeness (QED) is 0.442. The maximum atomic E-state index is 13.5. The monoisotopic (exact) mass is 532 g/mol. The van der Waals surface area contributed by atoms with Gasteiger partial charge < -0.3 is 13.9 Å². The van der Waals surface area contributed by atoms with Crippen molar-refractivity contribution < 1.29 is 36.3 Å². The number of fused-ring (bicyclic) bond motifs is 2. The Kier molecular flexibility index (Phi) is 7.18. The van der Waals surface area contributed by atoms with Crippen LogP contribution in [0.25, 0.3) is 22.3 Å². The molecule has 37 heavy (non-hydrogen) atoms. The van der Waals surface area contributed by atoms with Crippen molar-refractivity contribution in [3.63, 3.8) is 0 Å². The smallest absolute Gasteiger partial charge is 0.422 e. The predicted octanol–water partition coefficient (Wildman–Crippen LogP) is 5.33. The molecule has 0 aliphatic carbocycles. The minimum atomic E-state index is -4.31. The third-order valence-electron chi connectivity index (χ3n) is 5.70. The fourth-order valence-electron chi connectivity index (χ4n) is 4.22. The highest BCUT2D eigenvalue weighted by Gasteiger charge is 2.32. The second-order valence-electron chi connectivity index (χ2n) is 9.65. The van der Waals surface area contributed by atoms with Gasteiger partial charge in [-0.3, -0.25) is 4.31 Å². The maximum Gasteiger partial charge on any atom is 0.422 e. The first-order valence-electron chi connectivity index (χ1n) is 12.0. The SMILES string of the molecule is CCOC(=O)c1c(-c2ccc(F)cc2)oc2cc3c(cc12)CCCCN3S(=O)(=O)NC(=O)OC(C)(C)C. The number of anilines is 1. The van der Waals surface area contributed by atoms with Gasteiger partial charge in [0, 0.05) is 23.6 Å². The molecule has 1 aromatic heterocycles. The van der Waals surface area contributed by atoms with E-state index in [2.05, 4.69) is 0 Å². The average molecular weight is 533 g/mol. The molecule has 4 rings (SSSR count). The minimum absolute atomic E-state index is 0.132. The van der Waals surface area contributed by atoms with Gasteiger partial charge in [0.15, 0.2) is 0 Å². The molecule has 0 saturated carbocycles. The number of esters is 1. The first-order chi connectivity index (χ1) is 17.4. The van der Waals surface area contributed by atoms with E-state index in [1.807, 2.05) is 4.72 Å². The van der Waals surface area contributed by atoms with Crippen molar-refractivity contribution in [1.29, 1.82) is 0 Å². The molecular weight excluding hydrogens is 503 g/mol. The zero-order valence-electron chi connectivity index (χ0n) is 21.1. The van der Waals surface area contributed by atoms with E-state index in [0.717, 1.165) is 4.31 Å². The van der Waals surface area contributed by atoms with Crippen LogP contribution in [-0.4, -0.2) is 39.2 Å². The lowest BCUT2D eigenvalue weighted by Gasteiger charge is -2.26. The largest absolute Gasteiger partial charge is 0.462 e. The summed E-state index contributed by atoms with van der Waals surface area (Å²) in [6, 6.07) is 8.74. The number of benzene rings is 2. The van der Waals surface area contributed by atoms with Gasteiger partial charge in [-0.15, -0.1) is 0 Å². The number of carbonyl (C=O) groups excluding carboxylic acids is 2. The lowest BCUT2D eigenvalue weighted by molar-refractivity contribution is 0.0526. The molecule has 11 heteroatoms. The normalized spacial score (nSPS) is 14.1. The Hall–Kier alpha value is -3.60. The number of hydrogen-bond donors (Lipinski definition) is 1. The summed E-state index contributed by atoms with van der Waals surface area (Å²) in [7, 11) is -4.31. The van der Waals surface area contributed by atoms with Crippen LogP contribution in [0.2, 0.25) is 0 Å². The van der Waals surface area contributed by atoms with Crippen LogP contribution < -0.4 is 9.03 Å². The Bertz CT molecular complexity index is 1440. The molecule has 1 amide bonds. The Morgan fingerprint density at radius 3 is 2.49 bits per heavy atom. The number of furan rings is 1. The van der Waals surface area contributed by atoms with E-state index in [0.29, 0.717) is 41.5 Å². The van der Waals surface area contributed by atoms with Crippen molar-refractivity contribution >= 4 is 38.9 Å². The highest BCUT2D eigenvalue weighted by molar-refractivity contribution is 7.91. The number of hydrogen-bond acceptors (Lipinski definition) is 7.